The monoisotopic (exact) mass is 172 g/mol. The predicted molar refractivity (Wildman–Crippen MR) is 49.1 cm³/mol. The Bertz CT molecular complexity index is 132. The zero-order chi connectivity index (χ0) is 9.03. The van der Waals surface area contributed by atoms with Crippen LogP contribution in [0.5, 0.6) is 0 Å². The quantitative estimate of drug-likeness (QED) is 0.705. The summed E-state index contributed by atoms with van der Waals surface area (Å²) in [4.78, 5) is 0. The van der Waals surface area contributed by atoms with Crippen LogP contribution in [0.3, 0.4) is 0 Å². The normalized spacial score (nSPS) is 36.8. The lowest BCUT2D eigenvalue weighted by atomic mass is 9.77. The van der Waals surface area contributed by atoms with Crippen LogP contribution in [0.15, 0.2) is 0 Å². The first-order chi connectivity index (χ1) is 5.70. The highest BCUT2D eigenvalue weighted by Gasteiger charge is 2.33. The van der Waals surface area contributed by atoms with Crippen molar-refractivity contribution < 1.29 is 9.84 Å². The van der Waals surface area contributed by atoms with Gasteiger partial charge in [-0.05, 0) is 18.8 Å². The summed E-state index contributed by atoms with van der Waals surface area (Å²) < 4.78 is 5.03. The second-order valence-electron chi connectivity index (χ2n) is 4.03. The molecule has 1 fully saturated rings. The van der Waals surface area contributed by atoms with E-state index in [1.54, 1.807) is 7.11 Å². The van der Waals surface area contributed by atoms with E-state index in [-0.39, 0.29) is 0 Å². The number of methoxy groups -OCH3 is 1. The molecule has 0 radical (unpaired) electrons. The molecular formula is C10H20O2. The van der Waals surface area contributed by atoms with Crippen molar-refractivity contribution in [2.75, 3.05) is 13.7 Å². The van der Waals surface area contributed by atoms with Gasteiger partial charge < -0.3 is 9.84 Å². The Labute approximate surface area is 74.9 Å². The first-order valence-electron chi connectivity index (χ1n) is 4.91. The van der Waals surface area contributed by atoms with Gasteiger partial charge in [-0.25, -0.2) is 0 Å². The van der Waals surface area contributed by atoms with E-state index in [0.29, 0.717) is 12.5 Å². The molecule has 2 heteroatoms. The van der Waals surface area contributed by atoms with Crippen molar-refractivity contribution in [2.24, 2.45) is 5.92 Å². The van der Waals surface area contributed by atoms with Gasteiger partial charge >= 0.3 is 0 Å². The molecule has 1 N–H and O–H groups in total. The molecule has 1 rings (SSSR count). The van der Waals surface area contributed by atoms with Crippen molar-refractivity contribution in [1.29, 1.82) is 0 Å². The van der Waals surface area contributed by atoms with Crippen LogP contribution >= 0.6 is 0 Å². The van der Waals surface area contributed by atoms with Crippen molar-refractivity contribution in [3.63, 3.8) is 0 Å². The van der Waals surface area contributed by atoms with Crippen LogP contribution in [0.4, 0.5) is 0 Å². The summed E-state index contributed by atoms with van der Waals surface area (Å²) in [5.41, 5.74) is -0.520. The number of hydrogen-bond donors (Lipinski definition) is 1. The Hall–Kier alpha value is -0.0800. The Kier molecular flexibility index (Phi) is 3.53. The zero-order valence-corrected chi connectivity index (χ0v) is 8.18. The van der Waals surface area contributed by atoms with Crippen molar-refractivity contribution in [3.8, 4) is 0 Å². The third-order valence-electron chi connectivity index (χ3n) is 2.91. The summed E-state index contributed by atoms with van der Waals surface area (Å²) in [7, 11) is 1.66. The fourth-order valence-electron chi connectivity index (χ4n) is 2.21. The average molecular weight is 172 g/mol. The minimum Gasteiger partial charge on any atom is -0.387 e. The molecule has 0 saturated heterocycles. The lowest BCUT2D eigenvalue weighted by molar-refractivity contribution is -0.0696. The first-order valence-corrected chi connectivity index (χ1v) is 4.91. The molecule has 0 aromatic carbocycles. The minimum absolute atomic E-state index is 0.503. The highest BCUT2D eigenvalue weighted by molar-refractivity contribution is 4.85. The fourth-order valence-corrected chi connectivity index (χ4v) is 2.21. The maximum Gasteiger partial charge on any atom is 0.0882 e. The highest BCUT2D eigenvalue weighted by Crippen LogP contribution is 2.34. The average Bonchev–Trinajstić information content (AvgIpc) is 2.04. The maximum atomic E-state index is 10.0. The van der Waals surface area contributed by atoms with Gasteiger partial charge in [-0.2, -0.15) is 0 Å². The summed E-state index contributed by atoms with van der Waals surface area (Å²) in [6.07, 6.45) is 5.46. The molecule has 12 heavy (non-hydrogen) atoms. The fraction of sp³-hybridized carbons (Fsp3) is 1.00. The van der Waals surface area contributed by atoms with E-state index in [1.807, 2.05) is 0 Å². The summed E-state index contributed by atoms with van der Waals surface area (Å²) >= 11 is 0. The van der Waals surface area contributed by atoms with E-state index < -0.39 is 5.60 Å². The number of rotatable bonds is 3. The summed E-state index contributed by atoms with van der Waals surface area (Å²) in [5, 5.41) is 10.0. The molecular weight excluding hydrogens is 152 g/mol. The smallest absolute Gasteiger partial charge is 0.0882 e. The SMILES string of the molecule is CCC1CCCC(O)(COC)C1. The Morgan fingerprint density at radius 1 is 1.58 bits per heavy atom. The van der Waals surface area contributed by atoms with Crippen LogP contribution in [0.2, 0.25) is 0 Å². The van der Waals surface area contributed by atoms with Gasteiger partial charge in [0.25, 0.3) is 0 Å². The van der Waals surface area contributed by atoms with Gasteiger partial charge in [-0.3, -0.25) is 0 Å². The van der Waals surface area contributed by atoms with Gasteiger partial charge in [0.2, 0.25) is 0 Å². The van der Waals surface area contributed by atoms with Crippen molar-refractivity contribution in [1.82, 2.24) is 0 Å². The predicted octanol–water partition coefficient (Wildman–Crippen LogP) is 1.96. The molecule has 1 aliphatic carbocycles. The molecule has 2 nitrogen and oxygen atoms in total. The molecule has 0 heterocycles. The second-order valence-corrected chi connectivity index (χ2v) is 4.03. The molecule has 0 aromatic rings. The first kappa shape index (κ1) is 10.0. The van der Waals surface area contributed by atoms with Gasteiger partial charge in [-0.15, -0.1) is 0 Å². The zero-order valence-electron chi connectivity index (χ0n) is 8.18. The Morgan fingerprint density at radius 3 is 2.92 bits per heavy atom. The van der Waals surface area contributed by atoms with E-state index in [2.05, 4.69) is 6.92 Å². The lowest BCUT2D eigenvalue weighted by Crippen LogP contribution is -2.39. The van der Waals surface area contributed by atoms with Gasteiger partial charge in [0.15, 0.2) is 0 Å². The molecule has 0 bridgehead atoms. The van der Waals surface area contributed by atoms with E-state index >= 15 is 0 Å². The molecule has 72 valence electrons. The van der Waals surface area contributed by atoms with Crippen LogP contribution in [-0.2, 0) is 4.74 Å². The molecule has 2 unspecified atom stereocenters. The molecule has 0 spiro atoms. The second kappa shape index (κ2) is 4.24. The van der Waals surface area contributed by atoms with Crippen molar-refractivity contribution in [3.05, 3.63) is 0 Å². The Balaban J connectivity index is 2.43. The van der Waals surface area contributed by atoms with Gasteiger partial charge in [0.1, 0.15) is 0 Å². The van der Waals surface area contributed by atoms with Crippen LogP contribution in [-0.4, -0.2) is 24.4 Å². The molecule has 1 saturated carbocycles. The van der Waals surface area contributed by atoms with Gasteiger partial charge in [0.05, 0.1) is 12.2 Å². The van der Waals surface area contributed by atoms with E-state index in [0.717, 1.165) is 19.3 Å². The van der Waals surface area contributed by atoms with Crippen LogP contribution in [0.25, 0.3) is 0 Å². The largest absolute Gasteiger partial charge is 0.387 e. The third kappa shape index (κ3) is 2.46. The lowest BCUT2D eigenvalue weighted by Gasteiger charge is -2.35. The van der Waals surface area contributed by atoms with Crippen molar-refractivity contribution in [2.45, 2.75) is 44.6 Å². The Morgan fingerprint density at radius 2 is 2.33 bits per heavy atom. The molecule has 0 aliphatic heterocycles. The topological polar surface area (TPSA) is 29.5 Å². The van der Waals surface area contributed by atoms with Crippen LogP contribution in [0.1, 0.15) is 39.0 Å². The molecule has 0 amide bonds. The summed E-state index contributed by atoms with van der Waals surface area (Å²) in [5.74, 6) is 0.707. The van der Waals surface area contributed by atoms with Gasteiger partial charge in [0, 0.05) is 7.11 Å². The minimum atomic E-state index is -0.520. The van der Waals surface area contributed by atoms with Crippen molar-refractivity contribution >= 4 is 0 Å². The van der Waals surface area contributed by atoms with Crippen LogP contribution < -0.4 is 0 Å². The van der Waals surface area contributed by atoms with E-state index in [9.17, 15) is 5.11 Å². The summed E-state index contributed by atoms with van der Waals surface area (Å²) in [6, 6.07) is 0. The highest BCUT2D eigenvalue weighted by atomic mass is 16.5. The van der Waals surface area contributed by atoms with Crippen LogP contribution in [0, 0.1) is 5.92 Å². The number of hydrogen-bond acceptors (Lipinski definition) is 2. The standard InChI is InChI=1S/C10H20O2/c1-3-9-5-4-6-10(11,7-9)8-12-2/h9,11H,3-8H2,1-2H3. The third-order valence-corrected chi connectivity index (χ3v) is 2.91. The molecule has 1 aliphatic rings. The molecule has 0 aromatic heterocycles. The number of ether oxygens (including phenoxy) is 1. The van der Waals surface area contributed by atoms with E-state index in [4.69, 9.17) is 4.74 Å². The maximum absolute atomic E-state index is 10.0. The van der Waals surface area contributed by atoms with Gasteiger partial charge in [-0.1, -0.05) is 26.2 Å². The van der Waals surface area contributed by atoms with E-state index in [1.165, 1.54) is 12.8 Å². The summed E-state index contributed by atoms with van der Waals surface area (Å²) in [6.45, 7) is 2.70. The number of aliphatic hydroxyl groups is 1. The molecule has 2 atom stereocenters.